The second-order valence-electron chi connectivity index (χ2n) is 8.54. The maximum atomic E-state index is 12.1. The third-order valence-electron chi connectivity index (χ3n) is 5.10. The van der Waals surface area contributed by atoms with Gasteiger partial charge < -0.3 is 4.43 Å². The van der Waals surface area contributed by atoms with Gasteiger partial charge in [-0.3, -0.25) is 4.79 Å². The highest BCUT2D eigenvalue weighted by Crippen LogP contribution is 2.16. The normalized spacial score (nSPS) is 11.5. The molecule has 0 spiro atoms. The van der Waals surface area contributed by atoms with Crippen molar-refractivity contribution < 1.29 is 9.22 Å². The van der Waals surface area contributed by atoms with E-state index in [-0.39, 0.29) is 5.97 Å². The van der Waals surface area contributed by atoms with Crippen LogP contribution in [0.25, 0.3) is 0 Å². The SMILES string of the molecule is CCCCCCCCCCCCCCC(=O)O[Si](C)(C)Cc1ccccc1. The molecule has 0 heterocycles. The number of hydrogen-bond donors (Lipinski definition) is 0. The molecule has 154 valence electrons. The van der Waals surface area contributed by atoms with Gasteiger partial charge in [0.1, 0.15) is 0 Å². The highest BCUT2D eigenvalue weighted by Gasteiger charge is 2.27. The van der Waals surface area contributed by atoms with E-state index in [1.54, 1.807) is 0 Å². The van der Waals surface area contributed by atoms with E-state index in [1.165, 1.54) is 69.8 Å². The number of carbonyl (C=O) groups is 1. The predicted molar refractivity (Wildman–Crippen MR) is 119 cm³/mol. The van der Waals surface area contributed by atoms with Gasteiger partial charge in [-0.05, 0) is 25.1 Å². The Kier molecular flexibility index (Phi) is 13.2. The summed E-state index contributed by atoms with van der Waals surface area (Å²) >= 11 is 0. The molecule has 0 saturated carbocycles. The summed E-state index contributed by atoms with van der Waals surface area (Å²) in [4.78, 5) is 12.1. The summed E-state index contributed by atoms with van der Waals surface area (Å²) in [6, 6.07) is 11.3. The summed E-state index contributed by atoms with van der Waals surface area (Å²) in [5, 5.41) is 0. The Bertz CT molecular complexity index is 484. The number of hydrogen-bond acceptors (Lipinski definition) is 2. The van der Waals surface area contributed by atoms with Crippen molar-refractivity contribution in [2.24, 2.45) is 0 Å². The van der Waals surface area contributed by atoms with Gasteiger partial charge in [0.2, 0.25) is 0 Å². The van der Waals surface area contributed by atoms with Crippen molar-refractivity contribution in [1.29, 1.82) is 0 Å². The Morgan fingerprint density at radius 1 is 0.778 bits per heavy atom. The molecule has 0 saturated heterocycles. The van der Waals surface area contributed by atoms with E-state index in [4.69, 9.17) is 4.43 Å². The van der Waals surface area contributed by atoms with Crippen LogP contribution in [0.15, 0.2) is 30.3 Å². The summed E-state index contributed by atoms with van der Waals surface area (Å²) in [5.74, 6) is 0.00896. The molecule has 1 aromatic rings. The van der Waals surface area contributed by atoms with Crippen molar-refractivity contribution in [3.05, 3.63) is 35.9 Å². The predicted octanol–water partition coefficient (Wildman–Crippen LogP) is 7.61. The van der Waals surface area contributed by atoms with Crippen LogP contribution >= 0.6 is 0 Å². The van der Waals surface area contributed by atoms with E-state index in [9.17, 15) is 4.79 Å². The molecular formula is C24H42O2Si. The van der Waals surface area contributed by atoms with Gasteiger partial charge in [-0.25, -0.2) is 0 Å². The Balaban J connectivity index is 1.98. The second kappa shape index (κ2) is 14.9. The highest BCUT2D eigenvalue weighted by molar-refractivity contribution is 6.72. The van der Waals surface area contributed by atoms with Gasteiger partial charge in [0.05, 0.1) is 0 Å². The van der Waals surface area contributed by atoms with Crippen LogP contribution in [0, 0.1) is 0 Å². The lowest BCUT2D eigenvalue weighted by molar-refractivity contribution is -0.135. The quantitative estimate of drug-likeness (QED) is 0.214. The first kappa shape index (κ1) is 23.9. The van der Waals surface area contributed by atoms with E-state index in [2.05, 4.69) is 32.2 Å². The van der Waals surface area contributed by atoms with Gasteiger partial charge >= 0.3 is 0 Å². The molecule has 0 unspecified atom stereocenters. The maximum Gasteiger partial charge on any atom is 0.292 e. The first-order valence-electron chi connectivity index (χ1n) is 11.3. The molecule has 0 fully saturated rings. The van der Waals surface area contributed by atoms with Crippen molar-refractivity contribution in [2.45, 2.75) is 110 Å². The molecule has 27 heavy (non-hydrogen) atoms. The van der Waals surface area contributed by atoms with Gasteiger partial charge in [0.25, 0.3) is 14.3 Å². The average Bonchev–Trinajstić information content (AvgIpc) is 2.62. The molecule has 0 aliphatic carbocycles. The largest absolute Gasteiger partial charge is 0.519 e. The summed E-state index contributed by atoms with van der Waals surface area (Å²) in [5.41, 5.74) is 1.27. The van der Waals surface area contributed by atoms with Crippen LogP contribution in [-0.4, -0.2) is 14.3 Å². The molecule has 0 amide bonds. The zero-order valence-electron chi connectivity index (χ0n) is 18.1. The van der Waals surface area contributed by atoms with E-state index in [1.807, 2.05) is 18.2 Å². The van der Waals surface area contributed by atoms with Crippen LogP contribution in [0.1, 0.15) is 96.0 Å². The molecule has 2 nitrogen and oxygen atoms in total. The van der Waals surface area contributed by atoms with Crippen molar-refractivity contribution in [2.75, 3.05) is 0 Å². The summed E-state index contributed by atoms with van der Waals surface area (Å²) in [6.45, 7) is 6.55. The summed E-state index contributed by atoms with van der Waals surface area (Å²) in [6.07, 6.45) is 16.4. The lowest BCUT2D eigenvalue weighted by atomic mass is 10.0. The number of rotatable bonds is 16. The Hall–Kier alpha value is -1.09. The minimum absolute atomic E-state index is 0.00896. The standard InChI is InChI=1S/C24H42O2Si/c1-4-5-6-7-8-9-10-11-12-13-14-18-21-24(25)26-27(2,3)22-23-19-16-15-17-20-23/h15-17,19-20H,4-14,18,21-22H2,1-3H3. The third kappa shape index (κ3) is 13.7. The van der Waals surface area contributed by atoms with E-state index >= 15 is 0 Å². The van der Waals surface area contributed by atoms with Gasteiger partial charge in [-0.1, -0.05) is 108 Å². The fourth-order valence-electron chi connectivity index (χ4n) is 3.59. The Morgan fingerprint density at radius 2 is 1.26 bits per heavy atom. The minimum atomic E-state index is -1.96. The summed E-state index contributed by atoms with van der Waals surface area (Å²) < 4.78 is 5.84. The molecule has 0 radical (unpaired) electrons. The highest BCUT2D eigenvalue weighted by atomic mass is 28.4. The second-order valence-corrected chi connectivity index (χ2v) is 12.6. The van der Waals surface area contributed by atoms with Crippen LogP contribution in [0.4, 0.5) is 0 Å². The molecule has 1 rings (SSSR count). The first-order chi connectivity index (χ1) is 13.0. The topological polar surface area (TPSA) is 26.3 Å². The van der Waals surface area contributed by atoms with Crippen molar-refractivity contribution in [3.8, 4) is 0 Å². The first-order valence-corrected chi connectivity index (χ1v) is 14.4. The van der Waals surface area contributed by atoms with E-state index in [0.717, 1.165) is 18.9 Å². The molecule has 3 heteroatoms. The van der Waals surface area contributed by atoms with Crippen LogP contribution < -0.4 is 0 Å². The maximum absolute atomic E-state index is 12.1. The fraction of sp³-hybridized carbons (Fsp3) is 0.708. The van der Waals surface area contributed by atoms with Gasteiger partial charge in [-0.2, -0.15) is 0 Å². The lowest BCUT2D eigenvalue weighted by Gasteiger charge is -2.23. The van der Waals surface area contributed by atoms with Gasteiger partial charge in [0, 0.05) is 12.5 Å². The fourth-order valence-corrected chi connectivity index (χ4v) is 5.60. The third-order valence-corrected chi connectivity index (χ3v) is 7.14. The molecule has 0 aromatic heterocycles. The van der Waals surface area contributed by atoms with Crippen LogP contribution in [0.2, 0.25) is 13.1 Å². The van der Waals surface area contributed by atoms with Gasteiger partial charge in [-0.15, -0.1) is 0 Å². The molecule has 0 atom stereocenters. The summed E-state index contributed by atoms with van der Waals surface area (Å²) in [7, 11) is -1.96. The van der Waals surface area contributed by atoms with Crippen LogP contribution in [0.3, 0.4) is 0 Å². The Morgan fingerprint density at radius 3 is 1.78 bits per heavy atom. The molecule has 0 aliphatic heterocycles. The number of benzene rings is 1. The average molecular weight is 391 g/mol. The smallest absolute Gasteiger partial charge is 0.292 e. The van der Waals surface area contributed by atoms with Crippen molar-refractivity contribution in [1.82, 2.24) is 0 Å². The van der Waals surface area contributed by atoms with Crippen LogP contribution in [-0.2, 0) is 15.3 Å². The molecule has 1 aromatic carbocycles. The van der Waals surface area contributed by atoms with Crippen molar-refractivity contribution >= 4 is 14.3 Å². The van der Waals surface area contributed by atoms with Gasteiger partial charge in [0.15, 0.2) is 0 Å². The lowest BCUT2D eigenvalue weighted by Crippen LogP contribution is -2.36. The zero-order valence-corrected chi connectivity index (χ0v) is 19.1. The van der Waals surface area contributed by atoms with Crippen LogP contribution in [0.5, 0.6) is 0 Å². The minimum Gasteiger partial charge on any atom is -0.519 e. The van der Waals surface area contributed by atoms with Crippen molar-refractivity contribution in [3.63, 3.8) is 0 Å². The van der Waals surface area contributed by atoms with E-state index < -0.39 is 8.32 Å². The molecular weight excluding hydrogens is 348 g/mol. The number of unbranched alkanes of at least 4 members (excludes halogenated alkanes) is 11. The van der Waals surface area contributed by atoms with E-state index in [0.29, 0.717) is 6.42 Å². The zero-order chi connectivity index (χ0) is 19.8. The Labute approximate surface area is 169 Å². The monoisotopic (exact) mass is 390 g/mol. The molecule has 0 aliphatic rings. The number of carbonyl (C=O) groups excluding carboxylic acids is 1. The molecule has 0 bridgehead atoms. The molecule has 0 N–H and O–H groups in total.